The van der Waals surface area contributed by atoms with Crippen molar-refractivity contribution in [2.24, 2.45) is 0 Å². The molecule has 216 valence electrons. The molecule has 0 spiro atoms. The molecule has 0 amide bonds. The van der Waals surface area contributed by atoms with Crippen LogP contribution in [0.25, 0.3) is 10.9 Å². The minimum atomic E-state index is -0.299. The summed E-state index contributed by atoms with van der Waals surface area (Å²) in [6.45, 7) is 3.45. The molecule has 42 heavy (non-hydrogen) atoms. The smallest absolute Gasteiger partial charge is 0.252 e. The number of methoxy groups -OCH3 is 1. The van der Waals surface area contributed by atoms with Gasteiger partial charge in [0.2, 0.25) is 6.79 Å². The summed E-state index contributed by atoms with van der Waals surface area (Å²) in [5.74, 6) is 2.38. The molecule has 6 rings (SSSR count). The zero-order valence-corrected chi connectivity index (χ0v) is 23.4. The highest BCUT2D eigenvalue weighted by atomic mass is 19.1. The molecule has 0 aliphatic carbocycles. The average Bonchev–Trinajstić information content (AvgIpc) is 3.65. The number of hydrogen-bond acceptors (Lipinski definition) is 8. The largest absolute Gasteiger partial charge is 0.496 e. The molecule has 2 aromatic heterocycles. The van der Waals surface area contributed by atoms with Crippen LogP contribution < -0.4 is 19.8 Å². The Kier molecular flexibility index (Phi) is 7.83. The lowest BCUT2D eigenvalue weighted by atomic mass is 10.0. The molecule has 0 radical (unpaired) electrons. The molecule has 0 bridgehead atoms. The molecule has 1 atom stereocenters. The van der Waals surface area contributed by atoms with Crippen LogP contribution in [0, 0.1) is 5.82 Å². The third-order valence-corrected chi connectivity index (χ3v) is 7.46. The number of halogens is 1. The van der Waals surface area contributed by atoms with Gasteiger partial charge in [0.25, 0.3) is 5.56 Å². The first kappa shape index (κ1) is 27.4. The lowest BCUT2D eigenvalue weighted by Gasteiger charge is -2.31. The Morgan fingerprint density at radius 3 is 2.60 bits per heavy atom. The fraction of sp³-hybridized carbons (Fsp3) is 0.290. The van der Waals surface area contributed by atoms with E-state index in [1.54, 1.807) is 30.0 Å². The summed E-state index contributed by atoms with van der Waals surface area (Å²) in [6, 6.07) is 19.5. The Bertz CT molecular complexity index is 1750. The van der Waals surface area contributed by atoms with Crippen LogP contribution in [-0.2, 0) is 19.6 Å². The van der Waals surface area contributed by atoms with E-state index >= 15 is 0 Å². The van der Waals surface area contributed by atoms with Crippen LogP contribution in [0.5, 0.6) is 17.2 Å². The van der Waals surface area contributed by atoms with Crippen molar-refractivity contribution >= 4 is 10.9 Å². The Hall–Kier alpha value is -4.77. The number of pyridine rings is 1. The number of rotatable bonds is 11. The van der Waals surface area contributed by atoms with E-state index in [9.17, 15) is 9.18 Å². The molecule has 10 nitrogen and oxygen atoms in total. The average molecular weight is 571 g/mol. The van der Waals surface area contributed by atoms with Gasteiger partial charge < -0.3 is 19.2 Å². The normalized spacial score (nSPS) is 13.1. The van der Waals surface area contributed by atoms with Gasteiger partial charge in [0.1, 0.15) is 11.6 Å². The maximum Gasteiger partial charge on any atom is 0.252 e. The molecule has 3 aromatic carbocycles. The number of nitrogens with one attached hydrogen (secondary N) is 1. The Morgan fingerprint density at radius 1 is 1.05 bits per heavy atom. The Balaban J connectivity index is 1.40. The van der Waals surface area contributed by atoms with E-state index in [1.165, 1.54) is 12.1 Å². The van der Waals surface area contributed by atoms with Gasteiger partial charge in [0.05, 0.1) is 25.2 Å². The molecule has 1 aliphatic heterocycles. The first-order valence-electron chi connectivity index (χ1n) is 13.8. The zero-order valence-electron chi connectivity index (χ0n) is 23.4. The monoisotopic (exact) mass is 570 g/mol. The molecule has 11 heteroatoms. The van der Waals surface area contributed by atoms with Crippen LogP contribution >= 0.6 is 0 Å². The van der Waals surface area contributed by atoms with Crippen molar-refractivity contribution in [2.75, 3.05) is 13.9 Å². The van der Waals surface area contributed by atoms with E-state index in [1.807, 2.05) is 36.4 Å². The highest BCUT2D eigenvalue weighted by Crippen LogP contribution is 2.36. The SMILES string of the molecule is CCC[C@@H](c1nnnn1Cc1ccc(F)cc1)N(Cc1ccccc1OC)Cc1cc2cc3c(cc2[nH]c1=O)OCO3. The Morgan fingerprint density at radius 2 is 1.81 bits per heavy atom. The summed E-state index contributed by atoms with van der Waals surface area (Å²) in [4.78, 5) is 18.6. The molecule has 0 saturated heterocycles. The third-order valence-electron chi connectivity index (χ3n) is 7.46. The summed E-state index contributed by atoms with van der Waals surface area (Å²) in [6.07, 6.45) is 1.59. The quantitative estimate of drug-likeness (QED) is 0.237. The van der Waals surface area contributed by atoms with Crippen molar-refractivity contribution < 1.29 is 18.6 Å². The molecule has 5 aromatic rings. The zero-order chi connectivity index (χ0) is 29.1. The van der Waals surface area contributed by atoms with Gasteiger partial charge >= 0.3 is 0 Å². The van der Waals surface area contributed by atoms with Gasteiger partial charge in [-0.15, -0.1) is 5.10 Å². The fourth-order valence-corrected chi connectivity index (χ4v) is 5.38. The number of ether oxygens (including phenoxy) is 3. The van der Waals surface area contributed by atoms with Crippen molar-refractivity contribution in [1.82, 2.24) is 30.1 Å². The van der Waals surface area contributed by atoms with Crippen molar-refractivity contribution in [3.05, 3.63) is 105 Å². The summed E-state index contributed by atoms with van der Waals surface area (Å²) < 4.78 is 32.0. The van der Waals surface area contributed by atoms with Crippen LogP contribution in [0.4, 0.5) is 4.39 Å². The van der Waals surface area contributed by atoms with Gasteiger partial charge in [-0.25, -0.2) is 9.07 Å². The second-order valence-corrected chi connectivity index (χ2v) is 10.3. The van der Waals surface area contributed by atoms with Crippen molar-refractivity contribution in [3.8, 4) is 17.2 Å². The van der Waals surface area contributed by atoms with Crippen molar-refractivity contribution in [3.63, 3.8) is 0 Å². The number of benzene rings is 3. The first-order chi connectivity index (χ1) is 20.5. The molecule has 0 unspecified atom stereocenters. The van der Waals surface area contributed by atoms with Crippen LogP contribution in [-0.4, -0.2) is 44.0 Å². The number of nitrogens with zero attached hydrogens (tertiary/aromatic N) is 5. The number of hydrogen-bond donors (Lipinski definition) is 1. The minimum absolute atomic E-state index is 0.154. The van der Waals surface area contributed by atoms with E-state index in [0.29, 0.717) is 48.0 Å². The molecule has 1 aliphatic rings. The molecular weight excluding hydrogens is 539 g/mol. The van der Waals surface area contributed by atoms with E-state index in [0.717, 1.165) is 35.1 Å². The van der Waals surface area contributed by atoms with E-state index in [2.05, 4.69) is 32.3 Å². The number of tetrazole rings is 1. The van der Waals surface area contributed by atoms with Gasteiger partial charge in [-0.1, -0.05) is 43.7 Å². The van der Waals surface area contributed by atoms with Crippen molar-refractivity contribution in [1.29, 1.82) is 0 Å². The Labute approximate surface area is 241 Å². The van der Waals surface area contributed by atoms with Crippen molar-refractivity contribution in [2.45, 2.75) is 45.4 Å². The predicted octanol–water partition coefficient (Wildman–Crippen LogP) is 4.98. The first-order valence-corrected chi connectivity index (χ1v) is 13.8. The highest BCUT2D eigenvalue weighted by molar-refractivity contribution is 5.83. The second kappa shape index (κ2) is 12.0. The van der Waals surface area contributed by atoms with Crippen LogP contribution in [0.3, 0.4) is 0 Å². The minimum Gasteiger partial charge on any atom is -0.496 e. The summed E-state index contributed by atoms with van der Waals surface area (Å²) in [7, 11) is 1.65. The second-order valence-electron chi connectivity index (χ2n) is 10.3. The lowest BCUT2D eigenvalue weighted by molar-refractivity contribution is 0.154. The van der Waals surface area contributed by atoms with Gasteiger partial charge in [-0.2, -0.15) is 0 Å². The van der Waals surface area contributed by atoms with Gasteiger partial charge in [-0.3, -0.25) is 9.69 Å². The number of para-hydroxylation sites is 1. The van der Waals surface area contributed by atoms with E-state index in [-0.39, 0.29) is 24.2 Å². The molecular formula is C31H31FN6O4. The summed E-state index contributed by atoms with van der Waals surface area (Å²) >= 11 is 0. The summed E-state index contributed by atoms with van der Waals surface area (Å²) in [5.41, 5.74) is 2.93. The lowest BCUT2D eigenvalue weighted by Crippen LogP contribution is -2.33. The maximum atomic E-state index is 13.5. The van der Waals surface area contributed by atoms with Gasteiger partial charge in [0.15, 0.2) is 17.3 Å². The number of aromatic nitrogens is 5. The van der Waals surface area contributed by atoms with Crippen LogP contribution in [0.15, 0.2) is 71.5 Å². The number of H-pyrrole nitrogens is 1. The third kappa shape index (κ3) is 5.68. The number of aromatic amines is 1. The molecule has 0 fully saturated rings. The van der Waals surface area contributed by atoms with E-state index < -0.39 is 0 Å². The predicted molar refractivity (Wildman–Crippen MR) is 154 cm³/mol. The van der Waals surface area contributed by atoms with Crippen LogP contribution in [0.1, 0.15) is 48.3 Å². The molecule has 0 saturated carbocycles. The standard InChI is InChI=1S/C31H31FN6O4/c1-3-6-26(30-34-35-36-38(30)16-20-9-11-24(32)12-10-20)37(17-21-7-4-5-8-27(21)40-2)18-23-13-22-14-28-29(42-19-41-28)15-25(22)33-31(23)39/h4-5,7-15,26H,3,6,16-19H2,1-2H3,(H,33,39)/t26-/m0/s1. The van der Waals surface area contributed by atoms with Gasteiger partial charge in [0, 0.05) is 35.7 Å². The van der Waals surface area contributed by atoms with Crippen LogP contribution in [0.2, 0.25) is 0 Å². The maximum absolute atomic E-state index is 13.5. The summed E-state index contributed by atoms with van der Waals surface area (Å²) in [5, 5.41) is 13.6. The topological polar surface area (TPSA) is 107 Å². The highest BCUT2D eigenvalue weighted by Gasteiger charge is 2.28. The molecule has 3 heterocycles. The molecule has 1 N–H and O–H groups in total. The van der Waals surface area contributed by atoms with Gasteiger partial charge in [-0.05, 0) is 52.7 Å². The fourth-order valence-electron chi connectivity index (χ4n) is 5.38. The van der Waals surface area contributed by atoms with E-state index in [4.69, 9.17) is 14.2 Å². The number of fused-ring (bicyclic) bond motifs is 2.